The third-order valence-corrected chi connectivity index (χ3v) is 4.87. The number of carbonyl (C=O) groups excluding carboxylic acids is 1. The number of benzene rings is 2. The van der Waals surface area contributed by atoms with Crippen molar-refractivity contribution in [2.45, 2.75) is 46.5 Å². The van der Waals surface area contributed by atoms with Crippen LogP contribution in [0, 0.1) is 11.3 Å². The standard InChI is InChI=1S/C22H28O/c1-17(22(2,3)4)21(23)16-15-20(18-11-7-5-8-12-18)19-13-9-6-10-14-19/h5-14,17,20H,15-16H2,1-4H3/t17-/m1/s1. The van der Waals surface area contributed by atoms with E-state index in [1.54, 1.807) is 0 Å². The molecule has 0 fully saturated rings. The van der Waals surface area contributed by atoms with Crippen molar-refractivity contribution >= 4 is 5.78 Å². The van der Waals surface area contributed by atoms with Gasteiger partial charge in [-0.3, -0.25) is 4.79 Å². The lowest BCUT2D eigenvalue weighted by Crippen LogP contribution is -2.26. The fraction of sp³-hybridized carbons (Fsp3) is 0.409. The van der Waals surface area contributed by atoms with Crippen LogP contribution in [-0.4, -0.2) is 5.78 Å². The van der Waals surface area contributed by atoms with Crippen LogP contribution in [-0.2, 0) is 4.79 Å². The zero-order valence-electron chi connectivity index (χ0n) is 14.8. The summed E-state index contributed by atoms with van der Waals surface area (Å²) in [5.41, 5.74) is 2.61. The molecule has 0 spiro atoms. The van der Waals surface area contributed by atoms with Crippen molar-refractivity contribution in [2.75, 3.05) is 0 Å². The van der Waals surface area contributed by atoms with Gasteiger partial charge in [-0.25, -0.2) is 0 Å². The first-order valence-electron chi connectivity index (χ1n) is 8.52. The molecule has 122 valence electrons. The molecule has 0 unspecified atom stereocenters. The molecule has 0 saturated carbocycles. The maximum atomic E-state index is 12.6. The van der Waals surface area contributed by atoms with E-state index in [0.29, 0.717) is 12.2 Å². The van der Waals surface area contributed by atoms with E-state index < -0.39 is 0 Å². The fourth-order valence-electron chi connectivity index (χ4n) is 2.88. The Hall–Kier alpha value is -1.89. The van der Waals surface area contributed by atoms with E-state index in [4.69, 9.17) is 0 Å². The zero-order valence-corrected chi connectivity index (χ0v) is 14.8. The van der Waals surface area contributed by atoms with Gasteiger partial charge in [0.15, 0.2) is 0 Å². The fourth-order valence-corrected chi connectivity index (χ4v) is 2.88. The Morgan fingerprint density at radius 1 is 0.870 bits per heavy atom. The minimum absolute atomic E-state index is 0.0338. The lowest BCUT2D eigenvalue weighted by atomic mass is 9.77. The van der Waals surface area contributed by atoms with Gasteiger partial charge in [-0.15, -0.1) is 0 Å². The van der Waals surface area contributed by atoms with Gasteiger partial charge in [-0.1, -0.05) is 88.4 Å². The molecule has 0 N–H and O–H groups in total. The molecule has 2 aromatic rings. The highest BCUT2D eigenvalue weighted by Gasteiger charge is 2.27. The third-order valence-electron chi connectivity index (χ3n) is 4.87. The summed E-state index contributed by atoms with van der Waals surface area (Å²) in [5, 5.41) is 0. The Balaban J connectivity index is 2.15. The number of carbonyl (C=O) groups is 1. The van der Waals surface area contributed by atoms with Crippen LogP contribution in [0.4, 0.5) is 0 Å². The summed E-state index contributed by atoms with van der Waals surface area (Å²) < 4.78 is 0. The summed E-state index contributed by atoms with van der Waals surface area (Å²) in [6.07, 6.45) is 1.50. The van der Waals surface area contributed by atoms with Crippen LogP contribution in [0.2, 0.25) is 0 Å². The Bertz CT molecular complexity index is 568. The van der Waals surface area contributed by atoms with Gasteiger partial charge in [0, 0.05) is 18.3 Å². The van der Waals surface area contributed by atoms with E-state index in [2.05, 4.69) is 76.2 Å². The summed E-state index contributed by atoms with van der Waals surface area (Å²) >= 11 is 0. The lowest BCUT2D eigenvalue weighted by Gasteiger charge is -2.27. The molecule has 0 aliphatic rings. The largest absolute Gasteiger partial charge is 0.299 e. The second-order valence-corrected chi connectivity index (χ2v) is 7.47. The van der Waals surface area contributed by atoms with Crippen LogP contribution in [0.5, 0.6) is 0 Å². The van der Waals surface area contributed by atoms with Crippen molar-refractivity contribution in [3.8, 4) is 0 Å². The lowest BCUT2D eigenvalue weighted by molar-refractivity contribution is -0.125. The molecule has 0 radical (unpaired) electrons. The first kappa shape index (κ1) is 17.5. The zero-order chi connectivity index (χ0) is 16.9. The van der Waals surface area contributed by atoms with Gasteiger partial charge in [0.2, 0.25) is 0 Å². The SMILES string of the molecule is C[C@H](C(=O)CCC(c1ccccc1)c1ccccc1)C(C)(C)C. The van der Waals surface area contributed by atoms with Gasteiger partial charge in [0.25, 0.3) is 0 Å². The molecule has 2 aromatic carbocycles. The summed E-state index contributed by atoms with van der Waals surface area (Å²) in [5.74, 6) is 0.748. The average Bonchev–Trinajstić information content (AvgIpc) is 2.55. The topological polar surface area (TPSA) is 17.1 Å². The van der Waals surface area contributed by atoms with E-state index >= 15 is 0 Å². The molecule has 2 rings (SSSR count). The Labute approximate surface area is 140 Å². The van der Waals surface area contributed by atoms with Gasteiger partial charge in [-0.2, -0.15) is 0 Å². The third kappa shape index (κ3) is 4.79. The van der Waals surface area contributed by atoms with Crippen LogP contribution in [0.25, 0.3) is 0 Å². The van der Waals surface area contributed by atoms with Crippen LogP contribution in [0.3, 0.4) is 0 Å². The number of hydrogen-bond acceptors (Lipinski definition) is 1. The first-order valence-corrected chi connectivity index (χ1v) is 8.52. The predicted octanol–water partition coefficient (Wildman–Crippen LogP) is 5.85. The van der Waals surface area contributed by atoms with E-state index in [1.807, 2.05) is 12.1 Å². The molecule has 1 heteroatoms. The summed E-state index contributed by atoms with van der Waals surface area (Å²) in [4.78, 5) is 12.6. The second kappa shape index (κ2) is 7.59. The molecule has 1 atom stereocenters. The maximum Gasteiger partial charge on any atom is 0.136 e. The van der Waals surface area contributed by atoms with E-state index in [1.165, 1.54) is 11.1 Å². The van der Waals surface area contributed by atoms with Crippen LogP contribution < -0.4 is 0 Å². The predicted molar refractivity (Wildman–Crippen MR) is 97.6 cm³/mol. The number of hydrogen-bond donors (Lipinski definition) is 0. The van der Waals surface area contributed by atoms with Crippen molar-refractivity contribution in [3.63, 3.8) is 0 Å². The molecule has 0 saturated heterocycles. The molecule has 1 nitrogen and oxygen atoms in total. The summed E-state index contributed by atoms with van der Waals surface area (Å²) in [6, 6.07) is 21.0. The highest BCUT2D eigenvalue weighted by molar-refractivity contribution is 5.81. The summed E-state index contributed by atoms with van der Waals surface area (Å²) in [6.45, 7) is 8.48. The molecular weight excluding hydrogens is 280 g/mol. The number of Topliss-reactive ketones (excluding diaryl/α,β-unsaturated/α-hetero) is 1. The van der Waals surface area contributed by atoms with Gasteiger partial charge in [-0.05, 0) is 23.0 Å². The van der Waals surface area contributed by atoms with Crippen LogP contribution >= 0.6 is 0 Å². The van der Waals surface area contributed by atoms with Crippen molar-refractivity contribution in [3.05, 3.63) is 71.8 Å². The van der Waals surface area contributed by atoms with Crippen molar-refractivity contribution in [1.82, 2.24) is 0 Å². The minimum Gasteiger partial charge on any atom is -0.299 e. The van der Waals surface area contributed by atoms with Crippen molar-refractivity contribution in [1.29, 1.82) is 0 Å². The van der Waals surface area contributed by atoms with Crippen molar-refractivity contribution in [2.24, 2.45) is 11.3 Å². The maximum absolute atomic E-state index is 12.6. The smallest absolute Gasteiger partial charge is 0.136 e. The highest BCUT2D eigenvalue weighted by Crippen LogP contribution is 2.32. The Morgan fingerprint density at radius 3 is 1.70 bits per heavy atom. The van der Waals surface area contributed by atoms with E-state index in [-0.39, 0.29) is 17.3 Å². The van der Waals surface area contributed by atoms with Gasteiger partial charge in [0.05, 0.1) is 0 Å². The van der Waals surface area contributed by atoms with Gasteiger partial charge >= 0.3 is 0 Å². The Kier molecular flexibility index (Phi) is 5.76. The normalized spacial score (nSPS) is 13.1. The quantitative estimate of drug-likeness (QED) is 0.654. The number of rotatable bonds is 6. The molecule has 23 heavy (non-hydrogen) atoms. The molecule has 0 bridgehead atoms. The molecule has 0 aromatic heterocycles. The van der Waals surface area contributed by atoms with Crippen LogP contribution in [0.1, 0.15) is 57.6 Å². The van der Waals surface area contributed by atoms with Gasteiger partial charge in [0.1, 0.15) is 5.78 Å². The van der Waals surface area contributed by atoms with E-state index in [0.717, 1.165) is 6.42 Å². The minimum atomic E-state index is 0.0338. The Morgan fingerprint density at radius 2 is 1.30 bits per heavy atom. The number of ketones is 1. The highest BCUT2D eigenvalue weighted by atomic mass is 16.1. The monoisotopic (exact) mass is 308 g/mol. The van der Waals surface area contributed by atoms with Gasteiger partial charge < -0.3 is 0 Å². The average molecular weight is 308 g/mol. The molecule has 0 aliphatic heterocycles. The molecule has 0 heterocycles. The second-order valence-electron chi connectivity index (χ2n) is 7.47. The summed E-state index contributed by atoms with van der Waals surface area (Å²) in [7, 11) is 0. The molecule has 0 aliphatic carbocycles. The van der Waals surface area contributed by atoms with Crippen molar-refractivity contribution < 1.29 is 4.79 Å². The van der Waals surface area contributed by atoms with E-state index in [9.17, 15) is 4.79 Å². The van der Waals surface area contributed by atoms with Crippen LogP contribution in [0.15, 0.2) is 60.7 Å². The molecular formula is C22H28O. The molecule has 0 amide bonds. The first-order chi connectivity index (χ1) is 10.9.